The molecule has 6 heteroatoms. The minimum Gasteiger partial charge on any atom is -0.295 e. The molecule has 144 valence electrons. The van der Waals surface area contributed by atoms with Crippen LogP contribution in [0.2, 0.25) is 0 Å². The predicted octanol–water partition coefficient (Wildman–Crippen LogP) is 3.24. The Morgan fingerprint density at radius 3 is 2.79 bits per heavy atom. The van der Waals surface area contributed by atoms with Crippen molar-refractivity contribution in [2.45, 2.75) is 51.7 Å². The van der Waals surface area contributed by atoms with Crippen LogP contribution in [0.3, 0.4) is 0 Å². The van der Waals surface area contributed by atoms with Crippen molar-refractivity contribution in [2.75, 3.05) is 6.54 Å². The lowest BCUT2D eigenvalue weighted by Crippen LogP contribution is -2.32. The van der Waals surface area contributed by atoms with E-state index in [4.69, 9.17) is 4.98 Å². The second-order valence-corrected chi connectivity index (χ2v) is 8.13. The third kappa shape index (κ3) is 3.33. The zero-order valence-electron chi connectivity index (χ0n) is 16.2. The molecule has 0 bridgehead atoms. The molecule has 2 aromatic heterocycles. The molecule has 0 N–H and O–H groups in total. The molecule has 0 radical (unpaired) electrons. The number of fused-ring (bicyclic) bond motifs is 1. The first kappa shape index (κ1) is 17.5. The monoisotopic (exact) mass is 375 g/mol. The van der Waals surface area contributed by atoms with Crippen LogP contribution in [0.25, 0.3) is 10.9 Å². The zero-order valence-corrected chi connectivity index (χ0v) is 16.2. The average molecular weight is 375 g/mol. The quantitative estimate of drug-likeness (QED) is 0.685. The molecule has 2 fully saturated rings. The third-order valence-corrected chi connectivity index (χ3v) is 5.86. The van der Waals surface area contributed by atoms with Crippen molar-refractivity contribution in [2.24, 2.45) is 5.92 Å². The van der Waals surface area contributed by atoms with Gasteiger partial charge in [0, 0.05) is 25.5 Å². The SMILES string of the molecule is Cc1cncc(CN2CCCC2c2nc3ccccc3c(=O)n2CC2CC2)n1. The van der Waals surface area contributed by atoms with Crippen LogP contribution in [0.15, 0.2) is 41.5 Å². The van der Waals surface area contributed by atoms with E-state index in [0.717, 1.165) is 60.6 Å². The first-order chi connectivity index (χ1) is 13.7. The van der Waals surface area contributed by atoms with Gasteiger partial charge in [0.2, 0.25) is 0 Å². The van der Waals surface area contributed by atoms with Crippen molar-refractivity contribution in [1.29, 1.82) is 0 Å². The van der Waals surface area contributed by atoms with Gasteiger partial charge in [-0.05, 0) is 57.2 Å². The van der Waals surface area contributed by atoms with Crippen LogP contribution in [-0.4, -0.2) is 31.0 Å². The predicted molar refractivity (Wildman–Crippen MR) is 108 cm³/mol. The summed E-state index contributed by atoms with van der Waals surface area (Å²) in [6, 6.07) is 7.88. The van der Waals surface area contributed by atoms with Crippen molar-refractivity contribution >= 4 is 10.9 Å². The summed E-state index contributed by atoms with van der Waals surface area (Å²) < 4.78 is 1.96. The van der Waals surface area contributed by atoms with Gasteiger partial charge in [-0.25, -0.2) is 4.98 Å². The highest BCUT2D eigenvalue weighted by Crippen LogP contribution is 2.35. The van der Waals surface area contributed by atoms with Crippen molar-refractivity contribution in [3.05, 3.63) is 64.2 Å². The van der Waals surface area contributed by atoms with Crippen LogP contribution >= 0.6 is 0 Å². The van der Waals surface area contributed by atoms with Gasteiger partial charge in [-0.15, -0.1) is 0 Å². The summed E-state index contributed by atoms with van der Waals surface area (Å²) in [6.45, 7) is 4.49. The Morgan fingerprint density at radius 1 is 1.11 bits per heavy atom. The van der Waals surface area contributed by atoms with Crippen LogP contribution in [-0.2, 0) is 13.1 Å². The number of nitrogens with zero attached hydrogens (tertiary/aromatic N) is 5. The van der Waals surface area contributed by atoms with E-state index in [2.05, 4.69) is 14.9 Å². The molecule has 1 aromatic carbocycles. The number of benzene rings is 1. The summed E-state index contributed by atoms with van der Waals surface area (Å²) in [6.07, 6.45) is 8.18. The highest BCUT2D eigenvalue weighted by atomic mass is 16.1. The molecule has 28 heavy (non-hydrogen) atoms. The number of hydrogen-bond acceptors (Lipinski definition) is 5. The normalized spacial score (nSPS) is 20.1. The Labute approximate surface area is 164 Å². The first-order valence-electron chi connectivity index (χ1n) is 10.2. The number of hydrogen-bond donors (Lipinski definition) is 0. The average Bonchev–Trinajstić information content (AvgIpc) is 3.40. The van der Waals surface area contributed by atoms with Gasteiger partial charge < -0.3 is 0 Å². The van der Waals surface area contributed by atoms with Gasteiger partial charge in [0.05, 0.1) is 28.3 Å². The second-order valence-electron chi connectivity index (χ2n) is 8.13. The molecule has 0 spiro atoms. The van der Waals surface area contributed by atoms with E-state index in [-0.39, 0.29) is 11.6 Å². The van der Waals surface area contributed by atoms with Gasteiger partial charge in [0.15, 0.2) is 0 Å². The van der Waals surface area contributed by atoms with E-state index in [1.807, 2.05) is 42.0 Å². The zero-order chi connectivity index (χ0) is 19.1. The van der Waals surface area contributed by atoms with E-state index >= 15 is 0 Å². The lowest BCUT2D eigenvalue weighted by Gasteiger charge is -2.26. The molecule has 1 aliphatic heterocycles. The lowest BCUT2D eigenvalue weighted by molar-refractivity contribution is 0.229. The van der Waals surface area contributed by atoms with E-state index in [1.165, 1.54) is 12.8 Å². The molecule has 5 rings (SSSR count). The molecule has 3 heterocycles. The number of aromatic nitrogens is 4. The summed E-state index contributed by atoms with van der Waals surface area (Å²) in [5.74, 6) is 1.55. The Kier molecular flexibility index (Phi) is 4.43. The maximum atomic E-state index is 13.3. The van der Waals surface area contributed by atoms with Crippen LogP contribution in [0.5, 0.6) is 0 Å². The largest absolute Gasteiger partial charge is 0.295 e. The number of para-hydroxylation sites is 1. The molecule has 6 nitrogen and oxygen atoms in total. The summed E-state index contributed by atoms with van der Waals surface area (Å²) in [7, 11) is 0. The molecule has 1 saturated heterocycles. The molecule has 1 unspecified atom stereocenters. The molecule has 1 saturated carbocycles. The fraction of sp³-hybridized carbons (Fsp3) is 0.455. The van der Waals surface area contributed by atoms with E-state index < -0.39 is 0 Å². The minimum absolute atomic E-state index is 0.106. The fourth-order valence-electron chi connectivity index (χ4n) is 4.28. The molecule has 1 atom stereocenters. The standard InChI is InChI=1S/C22H25N5O/c1-15-11-23-12-17(24-15)14-26-10-4-7-20(26)21-25-19-6-3-2-5-18(19)22(28)27(21)13-16-8-9-16/h2-3,5-6,11-12,16,20H,4,7-10,13-14H2,1H3. The molecular weight excluding hydrogens is 350 g/mol. The van der Waals surface area contributed by atoms with Gasteiger partial charge in [-0.2, -0.15) is 0 Å². The van der Waals surface area contributed by atoms with E-state index in [1.54, 1.807) is 6.20 Å². The maximum absolute atomic E-state index is 13.3. The van der Waals surface area contributed by atoms with Crippen molar-refractivity contribution in [3.63, 3.8) is 0 Å². The van der Waals surface area contributed by atoms with Gasteiger partial charge in [-0.1, -0.05) is 12.1 Å². The fourth-order valence-corrected chi connectivity index (χ4v) is 4.28. The number of rotatable bonds is 5. The topological polar surface area (TPSA) is 63.9 Å². The van der Waals surface area contributed by atoms with E-state index in [9.17, 15) is 4.79 Å². The third-order valence-electron chi connectivity index (χ3n) is 5.86. The van der Waals surface area contributed by atoms with Crippen molar-refractivity contribution in [1.82, 2.24) is 24.4 Å². The molecule has 2 aliphatic rings. The highest BCUT2D eigenvalue weighted by molar-refractivity contribution is 5.77. The second kappa shape index (κ2) is 7.09. The minimum atomic E-state index is 0.106. The van der Waals surface area contributed by atoms with Gasteiger partial charge >= 0.3 is 0 Å². The molecule has 3 aromatic rings. The summed E-state index contributed by atoms with van der Waals surface area (Å²) >= 11 is 0. The van der Waals surface area contributed by atoms with Crippen molar-refractivity contribution in [3.8, 4) is 0 Å². The smallest absolute Gasteiger partial charge is 0.261 e. The van der Waals surface area contributed by atoms with E-state index in [0.29, 0.717) is 5.92 Å². The highest BCUT2D eigenvalue weighted by Gasteiger charge is 2.32. The van der Waals surface area contributed by atoms with Crippen LogP contribution < -0.4 is 5.56 Å². The summed E-state index contributed by atoms with van der Waals surface area (Å²) in [5.41, 5.74) is 2.82. The Morgan fingerprint density at radius 2 is 1.96 bits per heavy atom. The summed E-state index contributed by atoms with van der Waals surface area (Å²) in [4.78, 5) is 29.6. The van der Waals surface area contributed by atoms with Gasteiger partial charge in [0.1, 0.15) is 5.82 Å². The Hall–Kier alpha value is -2.60. The Balaban J connectivity index is 1.55. The van der Waals surface area contributed by atoms with Crippen LogP contribution in [0.1, 0.15) is 48.9 Å². The van der Waals surface area contributed by atoms with Gasteiger partial charge in [0.25, 0.3) is 5.56 Å². The number of likely N-dealkylation sites (tertiary alicyclic amines) is 1. The molecule has 0 amide bonds. The molecular formula is C22H25N5O. The number of aryl methyl sites for hydroxylation is 1. The lowest BCUT2D eigenvalue weighted by atomic mass is 10.1. The summed E-state index contributed by atoms with van der Waals surface area (Å²) in [5, 5.41) is 0.723. The first-order valence-corrected chi connectivity index (χ1v) is 10.2. The Bertz CT molecular complexity index is 1070. The maximum Gasteiger partial charge on any atom is 0.261 e. The molecule has 1 aliphatic carbocycles. The van der Waals surface area contributed by atoms with Crippen LogP contribution in [0.4, 0.5) is 0 Å². The van der Waals surface area contributed by atoms with Crippen LogP contribution in [0, 0.1) is 12.8 Å². The van der Waals surface area contributed by atoms with Gasteiger partial charge in [-0.3, -0.25) is 24.2 Å². The van der Waals surface area contributed by atoms with Crippen molar-refractivity contribution < 1.29 is 0 Å².